The summed E-state index contributed by atoms with van der Waals surface area (Å²) in [5.74, 6) is 1.05. The molecule has 0 fully saturated rings. The highest BCUT2D eigenvalue weighted by molar-refractivity contribution is 6.32. The molecule has 3 N–H and O–H groups in total. The van der Waals surface area contributed by atoms with E-state index in [1.54, 1.807) is 12.1 Å². The summed E-state index contributed by atoms with van der Waals surface area (Å²) in [5, 5.41) is 3.24. The molecule has 2 aromatic carbocycles. The molecular formula is C20H26Cl2N2O3. The summed E-state index contributed by atoms with van der Waals surface area (Å²) in [5.41, 5.74) is 7.92. The SMILES string of the molecule is COc1cc(C(=O)NCCc2ccc(N)cc2)cc(Cl)c1OCC(C)C.Cl. The van der Waals surface area contributed by atoms with Gasteiger partial charge in [-0.1, -0.05) is 37.6 Å². The van der Waals surface area contributed by atoms with Crippen molar-refractivity contribution in [2.24, 2.45) is 5.92 Å². The molecule has 27 heavy (non-hydrogen) atoms. The molecule has 0 saturated heterocycles. The van der Waals surface area contributed by atoms with Crippen LogP contribution >= 0.6 is 24.0 Å². The Bertz CT molecular complexity index is 750. The summed E-state index contributed by atoms with van der Waals surface area (Å²) in [6, 6.07) is 10.8. The molecule has 0 saturated carbocycles. The lowest BCUT2D eigenvalue weighted by Gasteiger charge is -2.15. The molecule has 1 amide bonds. The second kappa shape index (κ2) is 10.9. The molecule has 2 rings (SSSR count). The third-order valence-electron chi connectivity index (χ3n) is 3.73. The third-order valence-corrected chi connectivity index (χ3v) is 4.01. The van der Waals surface area contributed by atoms with E-state index >= 15 is 0 Å². The molecule has 0 aliphatic rings. The van der Waals surface area contributed by atoms with Gasteiger partial charge in [-0.3, -0.25) is 4.79 Å². The molecule has 0 spiro atoms. The van der Waals surface area contributed by atoms with E-state index < -0.39 is 0 Å². The Morgan fingerprint density at radius 2 is 1.89 bits per heavy atom. The number of rotatable bonds is 8. The average molecular weight is 413 g/mol. The second-order valence-electron chi connectivity index (χ2n) is 6.44. The molecule has 0 aliphatic heterocycles. The number of carbonyl (C=O) groups is 1. The summed E-state index contributed by atoms with van der Waals surface area (Å²) in [4.78, 5) is 12.4. The summed E-state index contributed by atoms with van der Waals surface area (Å²) in [6.07, 6.45) is 0.715. The number of benzene rings is 2. The van der Waals surface area contributed by atoms with Gasteiger partial charge in [-0.2, -0.15) is 0 Å². The number of ether oxygens (including phenoxy) is 2. The van der Waals surface area contributed by atoms with Gasteiger partial charge in [0.25, 0.3) is 5.91 Å². The highest BCUT2D eigenvalue weighted by atomic mass is 35.5. The predicted molar refractivity (Wildman–Crippen MR) is 112 cm³/mol. The summed E-state index contributed by atoms with van der Waals surface area (Å²) < 4.78 is 11.0. The van der Waals surface area contributed by atoms with Crippen molar-refractivity contribution in [3.05, 3.63) is 52.5 Å². The van der Waals surface area contributed by atoms with Crippen LogP contribution in [0.1, 0.15) is 29.8 Å². The number of nitrogens with two attached hydrogens (primary N) is 1. The molecule has 2 aromatic rings. The molecular weight excluding hydrogens is 387 g/mol. The number of nitrogen functional groups attached to an aromatic ring is 1. The third kappa shape index (κ3) is 6.85. The molecule has 5 nitrogen and oxygen atoms in total. The van der Waals surface area contributed by atoms with Crippen molar-refractivity contribution in [2.75, 3.05) is 26.0 Å². The Kier molecular flexibility index (Phi) is 9.26. The minimum atomic E-state index is -0.212. The molecule has 0 aliphatic carbocycles. The van der Waals surface area contributed by atoms with E-state index in [1.807, 2.05) is 38.1 Å². The lowest BCUT2D eigenvalue weighted by molar-refractivity contribution is 0.0953. The minimum Gasteiger partial charge on any atom is -0.493 e. The van der Waals surface area contributed by atoms with Gasteiger partial charge in [0, 0.05) is 17.8 Å². The van der Waals surface area contributed by atoms with E-state index in [2.05, 4.69) is 5.32 Å². The first-order valence-electron chi connectivity index (χ1n) is 8.53. The normalized spacial score (nSPS) is 10.3. The van der Waals surface area contributed by atoms with Crippen LogP contribution < -0.4 is 20.5 Å². The van der Waals surface area contributed by atoms with Gasteiger partial charge < -0.3 is 20.5 Å². The fourth-order valence-electron chi connectivity index (χ4n) is 2.35. The van der Waals surface area contributed by atoms with Gasteiger partial charge in [0.15, 0.2) is 11.5 Å². The zero-order chi connectivity index (χ0) is 19.1. The van der Waals surface area contributed by atoms with E-state index in [1.165, 1.54) is 7.11 Å². The fraction of sp³-hybridized carbons (Fsp3) is 0.350. The Morgan fingerprint density at radius 1 is 1.22 bits per heavy atom. The number of carbonyl (C=O) groups excluding carboxylic acids is 1. The summed E-state index contributed by atoms with van der Waals surface area (Å²) >= 11 is 6.29. The van der Waals surface area contributed by atoms with Gasteiger partial charge >= 0.3 is 0 Å². The largest absolute Gasteiger partial charge is 0.493 e. The van der Waals surface area contributed by atoms with Crippen molar-refractivity contribution in [3.63, 3.8) is 0 Å². The molecule has 0 aromatic heterocycles. The van der Waals surface area contributed by atoms with Gasteiger partial charge in [0.1, 0.15) is 0 Å². The van der Waals surface area contributed by atoms with Crippen LogP contribution in [-0.4, -0.2) is 26.2 Å². The highest BCUT2D eigenvalue weighted by Crippen LogP contribution is 2.36. The lowest BCUT2D eigenvalue weighted by atomic mass is 10.1. The van der Waals surface area contributed by atoms with Crippen LogP contribution in [0, 0.1) is 5.92 Å². The van der Waals surface area contributed by atoms with Gasteiger partial charge in [-0.25, -0.2) is 0 Å². The zero-order valence-corrected chi connectivity index (χ0v) is 17.3. The Morgan fingerprint density at radius 3 is 2.48 bits per heavy atom. The molecule has 0 heterocycles. The van der Waals surface area contributed by atoms with Gasteiger partial charge in [-0.05, 0) is 42.2 Å². The monoisotopic (exact) mass is 412 g/mol. The van der Waals surface area contributed by atoms with Crippen LogP contribution in [0.2, 0.25) is 5.02 Å². The lowest BCUT2D eigenvalue weighted by Crippen LogP contribution is -2.25. The topological polar surface area (TPSA) is 73.6 Å². The number of hydrogen-bond donors (Lipinski definition) is 2. The molecule has 148 valence electrons. The van der Waals surface area contributed by atoms with Gasteiger partial charge in [0.05, 0.1) is 18.7 Å². The first-order valence-corrected chi connectivity index (χ1v) is 8.91. The maximum atomic E-state index is 12.4. The van der Waals surface area contributed by atoms with Crippen LogP contribution in [0.3, 0.4) is 0 Å². The zero-order valence-electron chi connectivity index (χ0n) is 15.8. The van der Waals surface area contributed by atoms with Crippen molar-refractivity contribution in [2.45, 2.75) is 20.3 Å². The maximum absolute atomic E-state index is 12.4. The average Bonchev–Trinajstić information content (AvgIpc) is 2.61. The van der Waals surface area contributed by atoms with E-state index in [0.717, 1.165) is 11.3 Å². The van der Waals surface area contributed by atoms with Gasteiger partial charge in [-0.15, -0.1) is 12.4 Å². The van der Waals surface area contributed by atoms with E-state index in [-0.39, 0.29) is 18.3 Å². The smallest absolute Gasteiger partial charge is 0.251 e. The summed E-state index contributed by atoms with van der Waals surface area (Å²) in [7, 11) is 1.52. The maximum Gasteiger partial charge on any atom is 0.251 e. The number of halogens is 2. The standard InChI is InChI=1S/C20H25ClN2O3.ClH/c1-13(2)12-26-19-17(21)10-15(11-18(19)25-3)20(24)23-9-8-14-4-6-16(22)7-5-14;/h4-7,10-11,13H,8-9,12,22H2,1-3H3,(H,23,24);1H. The van der Waals surface area contributed by atoms with Crippen molar-refractivity contribution >= 4 is 35.6 Å². The number of anilines is 1. The number of nitrogens with one attached hydrogen (secondary N) is 1. The molecule has 0 radical (unpaired) electrons. The van der Waals surface area contributed by atoms with E-state index in [4.69, 9.17) is 26.8 Å². The number of methoxy groups -OCH3 is 1. The fourth-order valence-corrected chi connectivity index (χ4v) is 2.61. The molecule has 7 heteroatoms. The Balaban J connectivity index is 0.00000364. The van der Waals surface area contributed by atoms with Crippen molar-refractivity contribution in [1.29, 1.82) is 0 Å². The Labute approximate surface area is 171 Å². The van der Waals surface area contributed by atoms with Crippen LogP contribution in [0.25, 0.3) is 0 Å². The number of hydrogen-bond acceptors (Lipinski definition) is 4. The molecule has 0 bridgehead atoms. The van der Waals surface area contributed by atoms with E-state index in [0.29, 0.717) is 47.6 Å². The molecule has 0 unspecified atom stereocenters. The number of amides is 1. The first kappa shape index (κ1) is 22.9. The van der Waals surface area contributed by atoms with Crippen molar-refractivity contribution < 1.29 is 14.3 Å². The van der Waals surface area contributed by atoms with Crippen molar-refractivity contribution in [1.82, 2.24) is 5.32 Å². The van der Waals surface area contributed by atoms with Gasteiger partial charge in [0.2, 0.25) is 0 Å². The second-order valence-corrected chi connectivity index (χ2v) is 6.85. The van der Waals surface area contributed by atoms with Crippen LogP contribution in [0.5, 0.6) is 11.5 Å². The van der Waals surface area contributed by atoms with Crippen LogP contribution in [0.15, 0.2) is 36.4 Å². The highest BCUT2D eigenvalue weighted by Gasteiger charge is 2.16. The van der Waals surface area contributed by atoms with Crippen LogP contribution in [0.4, 0.5) is 5.69 Å². The summed E-state index contributed by atoms with van der Waals surface area (Å²) in [6.45, 7) is 5.12. The quantitative estimate of drug-likeness (QED) is 0.631. The molecule has 0 atom stereocenters. The first-order chi connectivity index (χ1) is 12.4. The Hall–Kier alpha value is -2.11. The van der Waals surface area contributed by atoms with Crippen molar-refractivity contribution in [3.8, 4) is 11.5 Å². The van der Waals surface area contributed by atoms with Crippen LogP contribution in [-0.2, 0) is 6.42 Å². The minimum absolute atomic E-state index is 0. The van der Waals surface area contributed by atoms with E-state index in [9.17, 15) is 4.79 Å². The predicted octanol–water partition coefficient (Wildman–Crippen LogP) is 4.36.